The van der Waals surface area contributed by atoms with Crippen molar-refractivity contribution in [3.05, 3.63) is 105 Å². The van der Waals surface area contributed by atoms with Gasteiger partial charge in [0.2, 0.25) is 0 Å². The van der Waals surface area contributed by atoms with Gasteiger partial charge in [-0.05, 0) is 76.1 Å². The molecule has 4 aromatic rings. The van der Waals surface area contributed by atoms with Crippen LogP contribution in [0.2, 0.25) is 5.02 Å². The van der Waals surface area contributed by atoms with Crippen LogP contribution >= 0.6 is 38.9 Å². The number of carbonyl (C=O) groups is 1. The topological polar surface area (TPSA) is 75.6 Å². The molecule has 0 aliphatic heterocycles. The zero-order valence-corrected chi connectivity index (χ0v) is 21.5. The van der Waals surface area contributed by atoms with Gasteiger partial charge < -0.3 is 10.1 Å². The van der Waals surface area contributed by atoms with Crippen molar-refractivity contribution in [2.75, 3.05) is 11.9 Å². The van der Waals surface area contributed by atoms with Crippen LogP contribution in [0.3, 0.4) is 0 Å². The number of halogens is 2. The number of hydrogen-bond donors (Lipinski definition) is 2. The van der Waals surface area contributed by atoms with E-state index in [2.05, 4.69) is 43.3 Å². The second kappa shape index (κ2) is 11.8. The molecule has 0 atom stereocenters. The van der Waals surface area contributed by atoms with E-state index in [0.717, 1.165) is 32.1 Å². The predicted molar refractivity (Wildman–Crippen MR) is 147 cm³/mol. The number of aromatic nitrogens is 1. The maximum Gasteiger partial charge on any atom is 0.271 e. The molecule has 6 nitrogen and oxygen atoms in total. The van der Waals surface area contributed by atoms with Gasteiger partial charge in [0.05, 0.1) is 16.4 Å². The smallest absolute Gasteiger partial charge is 0.271 e. The Balaban J connectivity index is 1.34. The first-order valence-electron chi connectivity index (χ1n) is 10.5. The number of benzene rings is 3. The highest BCUT2D eigenvalue weighted by Gasteiger charge is 2.08. The Bertz CT molecular complexity index is 1350. The number of thiazole rings is 1. The molecule has 2 N–H and O–H groups in total. The van der Waals surface area contributed by atoms with Gasteiger partial charge >= 0.3 is 0 Å². The Morgan fingerprint density at radius 1 is 1.14 bits per heavy atom. The van der Waals surface area contributed by atoms with Gasteiger partial charge in [-0.2, -0.15) is 5.10 Å². The molecule has 0 saturated carbocycles. The zero-order chi connectivity index (χ0) is 24.6. The van der Waals surface area contributed by atoms with Gasteiger partial charge in [-0.15, -0.1) is 11.3 Å². The molecule has 4 rings (SSSR count). The number of ether oxygens (including phenoxy) is 1. The number of rotatable bonds is 9. The summed E-state index contributed by atoms with van der Waals surface area (Å²) in [6.07, 6.45) is 3.25. The van der Waals surface area contributed by atoms with Crippen LogP contribution in [0.4, 0.5) is 10.8 Å². The summed E-state index contributed by atoms with van der Waals surface area (Å²) in [5.74, 6) is 0.403. The van der Waals surface area contributed by atoms with Crippen LogP contribution in [-0.2, 0) is 0 Å². The Morgan fingerprint density at radius 3 is 2.63 bits per heavy atom. The molecule has 3 aromatic carbocycles. The van der Waals surface area contributed by atoms with Crippen LogP contribution in [0, 0.1) is 0 Å². The van der Waals surface area contributed by atoms with Gasteiger partial charge in [-0.1, -0.05) is 36.4 Å². The average Bonchev–Trinajstić information content (AvgIpc) is 3.33. The van der Waals surface area contributed by atoms with Crippen molar-refractivity contribution in [1.29, 1.82) is 0 Å². The van der Waals surface area contributed by atoms with Gasteiger partial charge in [0, 0.05) is 27.2 Å². The lowest BCUT2D eigenvalue weighted by atomic mass is 10.1. The highest BCUT2D eigenvalue weighted by Crippen LogP contribution is 2.28. The summed E-state index contributed by atoms with van der Waals surface area (Å²) in [6.45, 7) is 4.05. The van der Waals surface area contributed by atoms with Crippen LogP contribution in [0.1, 0.15) is 15.9 Å². The number of hydrazone groups is 1. The predicted octanol–water partition coefficient (Wildman–Crippen LogP) is 7.30. The third-order valence-corrected chi connectivity index (χ3v) is 6.36. The molecule has 1 heterocycles. The van der Waals surface area contributed by atoms with Crippen molar-refractivity contribution in [2.45, 2.75) is 0 Å². The second-order valence-corrected chi connectivity index (χ2v) is 9.38. The van der Waals surface area contributed by atoms with Crippen LogP contribution < -0.4 is 15.5 Å². The Hall–Kier alpha value is -3.46. The van der Waals surface area contributed by atoms with Crippen molar-refractivity contribution < 1.29 is 9.53 Å². The van der Waals surface area contributed by atoms with E-state index in [1.165, 1.54) is 11.3 Å². The molecule has 1 amide bonds. The van der Waals surface area contributed by atoms with Gasteiger partial charge in [0.25, 0.3) is 5.91 Å². The number of nitrogens with one attached hydrogen (secondary N) is 2. The summed E-state index contributed by atoms with van der Waals surface area (Å²) in [5, 5.41) is 10.7. The molecule has 0 aliphatic rings. The standard InChI is InChI=1S/C26H20BrClN4O2S/c1-2-13-34-24-12-3-17(14-22(24)27)15-29-32-25(33)19-6-4-18(5-7-19)23-16-35-26(31-23)30-21-10-8-20(28)9-11-21/h2-12,14-16H,1,13H2,(H,30,31)(H,32,33)/b29-15-. The lowest BCUT2D eigenvalue weighted by Gasteiger charge is -2.06. The molecule has 0 spiro atoms. The zero-order valence-electron chi connectivity index (χ0n) is 18.4. The Kier molecular flexibility index (Phi) is 8.31. The minimum atomic E-state index is -0.304. The lowest BCUT2D eigenvalue weighted by Crippen LogP contribution is -2.17. The van der Waals surface area contributed by atoms with Crippen LogP contribution in [0.5, 0.6) is 5.75 Å². The fourth-order valence-corrected chi connectivity index (χ4v) is 4.38. The summed E-state index contributed by atoms with van der Waals surface area (Å²) in [7, 11) is 0. The van der Waals surface area contributed by atoms with E-state index < -0.39 is 0 Å². The molecule has 0 bridgehead atoms. The van der Waals surface area contributed by atoms with Crippen LogP contribution in [-0.4, -0.2) is 23.7 Å². The monoisotopic (exact) mass is 566 g/mol. The molecule has 176 valence electrons. The molecule has 1 aromatic heterocycles. The quantitative estimate of drug-likeness (QED) is 0.126. The van der Waals surface area contributed by atoms with Crippen molar-refractivity contribution in [1.82, 2.24) is 10.4 Å². The molecule has 0 radical (unpaired) electrons. The first kappa shape index (κ1) is 24.7. The maximum absolute atomic E-state index is 12.5. The Labute approximate surface area is 220 Å². The molecule has 9 heteroatoms. The van der Waals surface area contributed by atoms with Crippen LogP contribution in [0.25, 0.3) is 11.3 Å². The molecule has 0 aliphatic carbocycles. The number of nitrogens with zero attached hydrogens (tertiary/aromatic N) is 2. The van der Waals surface area contributed by atoms with E-state index in [1.54, 1.807) is 24.4 Å². The van der Waals surface area contributed by atoms with E-state index in [9.17, 15) is 4.79 Å². The summed E-state index contributed by atoms with van der Waals surface area (Å²) in [4.78, 5) is 17.1. The number of carbonyl (C=O) groups excluding carboxylic acids is 1. The first-order chi connectivity index (χ1) is 17.0. The molecule has 35 heavy (non-hydrogen) atoms. The average molecular weight is 568 g/mol. The summed E-state index contributed by atoms with van der Waals surface area (Å²) < 4.78 is 6.31. The van der Waals surface area contributed by atoms with Gasteiger partial charge in [-0.3, -0.25) is 4.79 Å². The van der Waals surface area contributed by atoms with Crippen molar-refractivity contribution in [3.8, 4) is 17.0 Å². The minimum Gasteiger partial charge on any atom is -0.488 e. The van der Waals surface area contributed by atoms with Crippen LogP contribution in [0.15, 0.2) is 94.3 Å². The lowest BCUT2D eigenvalue weighted by molar-refractivity contribution is 0.0955. The highest BCUT2D eigenvalue weighted by molar-refractivity contribution is 9.10. The van der Waals surface area contributed by atoms with E-state index in [4.69, 9.17) is 16.3 Å². The molecular weight excluding hydrogens is 548 g/mol. The largest absolute Gasteiger partial charge is 0.488 e. The third-order valence-electron chi connectivity index (χ3n) is 4.73. The molecular formula is C26H20BrClN4O2S. The van der Waals surface area contributed by atoms with Crippen molar-refractivity contribution in [2.24, 2.45) is 5.10 Å². The third kappa shape index (κ3) is 6.79. The number of hydrogen-bond acceptors (Lipinski definition) is 6. The fraction of sp³-hybridized carbons (Fsp3) is 0.0385. The van der Waals surface area contributed by atoms with E-state index in [0.29, 0.717) is 22.9 Å². The van der Waals surface area contributed by atoms with Gasteiger partial charge in [0.1, 0.15) is 12.4 Å². The van der Waals surface area contributed by atoms with Gasteiger partial charge in [-0.25, -0.2) is 10.4 Å². The summed E-state index contributed by atoms with van der Waals surface area (Å²) >= 11 is 10.9. The van der Waals surface area contributed by atoms with E-state index >= 15 is 0 Å². The van der Waals surface area contributed by atoms with Gasteiger partial charge in [0.15, 0.2) is 5.13 Å². The van der Waals surface area contributed by atoms with Crippen molar-refractivity contribution in [3.63, 3.8) is 0 Å². The van der Waals surface area contributed by atoms with E-state index in [-0.39, 0.29) is 5.91 Å². The molecule has 0 fully saturated rings. The highest BCUT2D eigenvalue weighted by atomic mass is 79.9. The molecule has 0 saturated heterocycles. The van der Waals surface area contributed by atoms with E-state index in [1.807, 2.05) is 60.0 Å². The first-order valence-corrected chi connectivity index (χ1v) is 12.5. The van der Waals surface area contributed by atoms with Crippen molar-refractivity contribution >= 4 is 61.8 Å². The summed E-state index contributed by atoms with van der Waals surface area (Å²) in [5.41, 5.74) is 6.50. The maximum atomic E-state index is 12.5. The summed E-state index contributed by atoms with van der Waals surface area (Å²) in [6, 6.07) is 20.2. The fourth-order valence-electron chi connectivity index (χ4n) is 3.01. The second-order valence-electron chi connectivity index (χ2n) is 7.24. The number of anilines is 2. The molecule has 0 unspecified atom stereocenters. The Morgan fingerprint density at radius 2 is 1.91 bits per heavy atom. The normalized spacial score (nSPS) is 10.8. The minimum absolute atomic E-state index is 0.304. The number of amides is 1. The SMILES string of the molecule is C=CCOc1ccc(/C=N\NC(=O)c2ccc(-c3csc(Nc4ccc(Cl)cc4)n3)cc2)cc1Br.